The number of aliphatic hydroxyl groups excluding tert-OH is 1. The van der Waals surface area contributed by atoms with Crippen LogP contribution >= 0.6 is 0 Å². The summed E-state index contributed by atoms with van der Waals surface area (Å²) in [6, 6.07) is 9.12. The first-order valence-electron chi connectivity index (χ1n) is 6.74. The molecule has 2 atom stereocenters. The second kappa shape index (κ2) is 7.26. The summed E-state index contributed by atoms with van der Waals surface area (Å²) < 4.78 is 5.24. The largest absolute Gasteiger partial charge is 0.444 e. The van der Waals surface area contributed by atoms with Crippen LogP contribution in [0.5, 0.6) is 0 Å². The van der Waals surface area contributed by atoms with Crippen molar-refractivity contribution in [1.82, 2.24) is 5.32 Å². The molecule has 0 aliphatic carbocycles. The van der Waals surface area contributed by atoms with Gasteiger partial charge in [0.15, 0.2) is 0 Å². The highest BCUT2D eigenvalue weighted by atomic mass is 16.6. The van der Waals surface area contributed by atoms with Gasteiger partial charge in [0.1, 0.15) is 5.60 Å². The molecule has 2 unspecified atom stereocenters. The average Bonchev–Trinajstić information content (AvgIpc) is 2.36. The van der Waals surface area contributed by atoms with Crippen molar-refractivity contribution in [3.63, 3.8) is 0 Å². The SMILES string of the molecule is CC(C)(C)OC(=O)NC(CC(O)CN)c1ccccc1. The second-order valence-corrected chi connectivity index (χ2v) is 5.73. The van der Waals surface area contributed by atoms with Crippen LogP contribution in [-0.2, 0) is 4.74 Å². The molecule has 5 nitrogen and oxygen atoms in total. The van der Waals surface area contributed by atoms with Crippen LogP contribution in [0.25, 0.3) is 0 Å². The number of benzene rings is 1. The monoisotopic (exact) mass is 280 g/mol. The molecular weight excluding hydrogens is 256 g/mol. The van der Waals surface area contributed by atoms with Crippen molar-refractivity contribution in [3.8, 4) is 0 Å². The van der Waals surface area contributed by atoms with Crippen LogP contribution in [0.3, 0.4) is 0 Å². The molecule has 20 heavy (non-hydrogen) atoms. The smallest absolute Gasteiger partial charge is 0.408 e. The Balaban J connectivity index is 2.76. The van der Waals surface area contributed by atoms with Crippen molar-refractivity contribution in [2.45, 2.75) is 44.9 Å². The van der Waals surface area contributed by atoms with E-state index in [-0.39, 0.29) is 12.6 Å². The normalized spacial score (nSPS) is 14.4. The molecule has 4 N–H and O–H groups in total. The molecule has 0 heterocycles. The second-order valence-electron chi connectivity index (χ2n) is 5.73. The van der Waals surface area contributed by atoms with Gasteiger partial charge in [-0.2, -0.15) is 0 Å². The molecular formula is C15H24N2O3. The zero-order valence-corrected chi connectivity index (χ0v) is 12.3. The van der Waals surface area contributed by atoms with E-state index < -0.39 is 17.8 Å². The van der Waals surface area contributed by atoms with Gasteiger partial charge in [0, 0.05) is 6.54 Å². The van der Waals surface area contributed by atoms with Gasteiger partial charge in [-0.25, -0.2) is 4.79 Å². The molecule has 0 radical (unpaired) electrons. The molecule has 0 bridgehead atoms. The summed E-state index contributed by atoms with van der Waals surface area (Å²) in [6.45, 7) is 5.57. The Morgan fingerprint density at radius 2 is 1.95 bits per heavy atom. The number of hydrogen-bond donors (Lipinski definition) is 3. The van der Waals surface area contributed by atoms with E-state index in [0.717, 1.165) is 5.56 Å². The number of nitrogens with two attached hydrogens (primary N) is 1. The number of carbonyl (C=O) groups is 1. The van der Waals surface area contributed by atoms with Crippen LogP contribution in [-0.4, -0.2) is 29.4 Å². The first kappa shape index (κ1) is 16.5. The molecule has 0 aromatic heterocycles. The molecule has 0 aliphatic heterocycles. The fourth-order valence-corrected chi connectivity index (χ4v) is 1.78. The van der Waals surface area contributed by atoms with Gasteiger partial charge in [-0.15, -0.1) is 0 Å². The van der Waals surface area contributed by atoms with Crippen molar-refractivity contribution in [1.29, 1.82) is 0 Å². The first-order valence-corrected chi connectivity index (χ1v) is 6.74. The molecule has 5 heteroatoms. The van der Waals surface area contributed by atoms with Gasteiger partial charge in [-0.1, -0.05) is 30.3 Å². The molecule has 1 aromatic rings. The highest BCUT2D eigenvalue weighted by Gasteiger charge is 2.22. The highest BCUT2D eigenvalue weighted by Crippen LogP contribution is 2.19. The number of ether oxygens (including phenoxy) is 1. The van der Waals surface area contributed by atoms with Gasteiger partial charge in [0.2, 0.25) is 0 Å². The van der Waals surface area contributed by atoms with E-state index in [1.54, 1.807) is 20.8 Å². The van der Waals surface area contributed by atoms with Gasteiger partial charge >= 0.3 is 6.09 Å². The standard InChI is InChI=1S/C15H24N2O3/c1-15(2,3)20-14(19)17-13(9-12(18)10-16)11-7-5-4-6-8-11/h4-8,12-13,18H,9-10,16H2,1-3H3,(H,17,19). The van der Waals surface area contributed by atoms with Gasteiger partial charge in [0.05, 0.1) is 12.1 Å². The van der Waals surface area contributed by atoms with Crippen molar-refractivity contribution < 1.29 is 14.6 Å². The molecule has 0 spiro atoms. The lowest BCUT2D eigenvalue weighted by Gasteiger charge is -2.25. The van der Waals surface area contributed by atoms with E-state index >= 15 is 0 Å². The molecule has 0 saturated carbocycles. The van der Waals surface area contributed by atoms with Crippen LogP contribution in [0, 0.1) is 0 Å². The molecule has 0 aliphatic rings. The number of aliphatic hydroxyl groups is 1. The van der Waals surface area contributed by atoms with Crippen molar-refractivity contribution in [2.75, 3.05) is 6.54 Å². The lowest BCUT2D eigenvalue weighted by atomic mass is 10.0. The quantitative estimate of drug-likeness (QED) is 0.769. The van der Waals surface area contributed by atoms with E-state index in [1.165, 1.54) is 0 Å². The summed E-state index contributed by atoms with van der Waals surface area (Å²) >= 11 is 0. The van der Waals surface area contributed by atoms with Crippen molar-refractivity contribution in [3.05, 3.63) is 35.9 Å². The summed E-state index contributed by atoms with van der Waals surface area (Å²) in [5, 5.41) is 12.5. The van der Waals surface area contributed by atoms with Crippen LogP contribution in [0.4, 0.5) is 4.79 Å². The van der Waals surface area contributed by atoms with Crippen LogP contribution in [0.2, 0.25) is 0 Å². The molecule has 1 amide bonds. The fourth-order valence-electron chi connectivity index (χ4n) is 1.78. The Kier molecular flexibility index (Phi) is 5.98. The molecule has 0 saturated heterocycles. The van der Waals surface area contributed by atoms with Crippen molar-refractivity contribution in [2.24, 2.45) is 5.73 Å². The zero-order chi connectivity index (χ0) is 15.2. The lowest BCUT2D eigenvalue weighted by Crippen LogP contribution is -2.37. The Labute approximate surface area is 120 Å². The molecule has 112 valence electrons. The Morgan fingerprint density at radius 3 is 2.45 bits per heavy atom. The minimum absolute atomic E-state index is 0.152. The Morgan fingerprint density at radius 1 is 1.35 bits per heavy atom. The van der Waals surface area contributed by atoms with Gasteiger partial charge < -0.3 is 20.9 Å². The first-order chi connectivity index (χ1) is 9.31. The van der Waals surface area contributed by atoms with Crippen LogP contribution < -0.4 is 11.1 Å². The van der Waals surface area contributed by atoms with Gasteiger partial charge in [-0.3, -0.25) is 0 Å². The third kappa shape index (κ3) is 6.04. The third-order valence-corrected chi connectivity index (χ3v) is 2.67. The minimum Gasteiger partial charge on any atom is -0.444 e. The van der Waals surface area contributed by atoms with E-state index in [0.29, 0.717) is 6.42 Å². The maximum Gasteiger partial charge on any atom is 0.408 e. The lowest BCUT2D eigenvalue weighted by molar-refractivity contribution is 0.0484. The predicted octanol–water partition coefficient (Wildman–Crippen LogP) is 1.96. The highest BCUT2D eigenvalue weighted by molar-refractivity contribution is 5.68. The number of alkyl carbamates (subject to hydrolysis) is 1. The maximum atomic E-state index is 11.9. The zero-order valence-electron chi connectivity index (χ0n) is 12.3. The summed E-state index contributed by atoms with van der Waals surface area (Å²) in [5.74, 6) is 0. The minimum atomic E-state index is -0.671. The number of amides is 1. The van der Waals surface area contributed by atoms with E-state index in [9.17, 15) is 9.90 Å². The van der Waals surface area contributed by atoms with Gasteiger partial charge in [0.25, 0.3) is 0 Å². The summed E-state index contributed by atoms with van der Waals surface area (Å²) in [7, 11) is 0. The maximum absolute atomic E-state index is 11.9. The molecule has 0 fully saturated rings. The van der Waals surface area contributed by atoms with E-state index in [4.69, 9.17) is 10.5 Å². The Bertz CT molecular complexity index is 415. The van der Waals surface area contributed by atoms with E-state index in [2.05, 4.69) is 5.32 Å². The summed E-state index contributed by atoms with van der Waals surface area (Å²) in [5.41, 5.74) is 5.79. The average molecular weight is 280 g/mol. The number of rotatable bonds is 5. The fraction of sp³-hybridized carbons (Fsp3) is 0.533. The van der Waals surface area contributed by atoms with Crippen molar-refractivity contribution >= 4 is 6.09 Å². The third-order valence-electron chi connectivity index (χ3n) is 2.67. The van der Waals surface area contributed by atoms with Gasteiger partial charge in [-0.05, 0) is 32.8 Å². The summed E-state index contributed by atoms with van der Waals surface area (Å²) in [6.07, 6.45) is -0.828. The number of carbonyl (C=O) groups excluding carboxylic acids is 1. The van der Waals surface area contributed by atoms with E-state index in [1.807, 2.05) is 30.3 Å². The number of hydrogen-bond acceptors (Lipinski definition) is 4. The molecule has 1 rings (SSSR count). The topological polar surface area (TPSA) is 84.6 Å². The number of nitrogens with one attached hydrogen (secondary N) is 1. The van der Waals surface area contributed by atoms with Crippen LogP contribution in [0.1, 0.15) is 38.8 Å². The predicted molar refractivity (Wildman–Crippen MR) is 78.2 cm³/mol. The summed E-state index contributed by atoms with van der Waals surface area (Å²) in [4.78, 5) is 11.9. The Hall–Kier alpha value is -1.59. The molecule has 1 aromatic carbocycles. The van der Waals surface area contributed by atoms with Crippen LogP contribution in [0.15, 0.2) is 30.3 Å².